The first-order valence-electron chi connectivity index (χ1n) is 11.6. The number of rotatable bonds is 4. The Balaban J connectivity index is 1.64. The van der Waals surface area contributed by atoms with Gasteiger partial charge in [-0.2, -0.15) is 0 Å². The third-order valence-corrected chi connectivity index (χ3v) is 9.78. The molecule has 0 spiro atoms. The molecular formula is C24H38O5. The summed E-state index contributed by atoms with van der Waals surface area (Å²) in [5, 5.41) is 41.9. The first-order chi connectivity index (χ1) is 13.6. The Bertz CT molecular complexity index is 689. The summed E-state index contributed by atoms with van der Waals surface area (Å²) in [4.78, 5) is 11.1. The standard InChI is InChI=1S/C24H38O5/c1-13(4-7-21(28)29)16-5-6-17-22-18(12-20(27)24(16,17)3)23(2)9-8-15(25)10-14(23)11-19(22)26/h11,13,15-20,22,25-27H,4-10,12H2,1-3H3,(H,28,29)/t13-,15+,16+,17-,18-,19-,20-,22-,23+,24+/m1/s1. The van der Waals surface area contributed by atoms with Crippen molar-refractivity contribution in [3.63, 3.8) is 0 Å². The minimum absolute atomic E-state index is 0.0432. The van der Waals surface area contributed by atoms with E-state index in [4.69, 9.17) is 5.11 Å². The maximum absolute atomic E-state index is 11.5. The van der Waals surface area contributed by atoms with Crippen LogP contribution >= 0.6 is 0 Å². The molecule has 0 saturated heterocycles. The number of carboxylic acid groups (broad SMARTS) is 1. The van der Waals surface area contributed by atoms with E-state index in [9.17, 15) is 20.1 Å². The lowest BCUT2D eigenvalue weighted by atomic mass is 9.45. The van der Waals surface area contributed by atoms with Crippen LogP contribution in [0.25, 0.3) is 0 Å². The molecule has 4 aliphatic rings. The molecule has 0 aliphatic heterocycles. The lowest BCUT2D eigenvalue weighted by Gasteiger charge is -2.61. The van der Waals surface area contributed by atoms with Crippen molar-refractivity contribution >= 4 is 5.97 Å². The molecule has 0 aromatic carbocycles. The molecule has 10 atom stereocenters. The van der Waals surface area contributed by atoms with Gasteiger partial charge < -0.3 is 20.4 Å². The van der Waals surface area contributed by atoms with E-state index in [1.807, 2.05) is 6.08 Å². The van der Waals surface area contributed by atoms with Crippen molar-refractivity contribution in [2.75, 3.05) is 0 Å². The smallest absolute Gasteiger partial charge is 0.303 e. The SMILES string of the molecule is C[C@H](CCC(=O)O)[C@@H]1CC[C@@H]2[C@H]3[C@H](O)C=C4C[C@@H](O)CC[C@]4(C)[C@@H]3C[C@@H](O)[C@]21C. The Labute approximate surface area is 174 Å². The van der Waals surface area contributed by atoms with E-state index in [0.717, 1.165) is 25.7 Å². The van der Waals surface area contributed by atoms with E-state index in [1.165, 1.54) is 5.57 Å². The molecule has 4 N–H and O–H groups in total. The molecule has 4 rings (SSSR count). The second-order valence-electron chi connectivity index (χ2n) is 11.0. The number of carbonyl (C=O) groups is 1. The quantitative estimate of drug-likeness (QED) is 0.537. The van der Waals surface area contributed by atoms with Crippen LogP contribution in [0.3, 0.4) is 0 Å². The molecule has 4 aliphatic carbocycles. The fraction of sp³-hybridized carbons (Fsp3) is 0.875. The van der Waals surface area contributed by atoms with Gasteiger partial charge in [0.25, 0.3) is 0 Å². The Morgan fingerprint density at radius 2 is 1.90 bits per heavy atom. The van der Waals surface area contributed by atoms with Gasteiger partial charge in [0.15, 0.2) is 0 Å². The number of carboxylic acids is 1. The van der Waals surface area contributed by atoms with Crippen LogP contribution in [-0.2, 0) is 4.79 Å². The summed E-state index contributed by atoms with van der Waals surface area (Å²) in [5.74, 6) is 0.426. The molecule has 29 heavy (non-hydrogen) atoms. The van der Waals surface area contributed by atoms with Gasteiger partial charge in [-0.1, -0.05) is 32.4 Å². The minimum Gasteiger partial charge on any atom is -0.481 e. The molecule has 5 nitrogen and oxygen atoms in total. The molecule has 0 bridgehead atoms. The molecule has 0 heterocycles. The number of aliphatic hydroxyl groups excluding tert-OH is 3. The van der Waals surface area contributed by atoms with Gasteiger partial charge in [-0.15, -0.1) is 0 Å². The summed E-state index contributed by atoms with van der Waals surface area (Å²) >= 11 is 0. The van der Waals surface area contributed by atoms with Gasteiger partial charge in [-0.25, -0.2) is 0 Å². The Morgan fingerprint density at radius 3 is 2.59 bits per heavy atom. The number of aliphatic hydroxyl groups is 3. The van der Waals surface area contributed by atoms with E-state index in [0.29, 0.717) is 25.2 Å². The molecule has 0 unspecified atom stereocenters. The average Bonchev–Trinajstić information content (AvgIpc) is 3.01. The zero-order valence-corrected chi connectivity index (χ0v) is 18.1. The molecule has 0 aromatic heterocycles. The van der Waals surface area contributed by atoms with E-state index in [1.54, 1.807) is 0 Å². The van der Waals surface area contributed by atoms with Crippen molar-refractivity contribution in [2.24, 2.45) is 40.4 Å². The zero-order valence-electron chi connectivity index (χ0n) is 18.1. The normalized spacial score (nSPS) is 50.1. The maximum Gasteiger partial charge on any atom is 0.303 e. The zero-order chi connectivity index (χ0) is 21.1. The van der Waals surface area contributed by atoms with Gasteiger partial charge in [0.05, 0.1) is 18.3 Å². The maximum atomic E-state index is 11.5. The van der Waals surface area contributed by atoms with Gasteiger partial charge in [0.2, 0.25) is 0 Å². The van der Waals surface area contributed by atoms with Crippen LogP contribution in [0.4, 0.5) is 0 Å². The fourth-order valence-electron chi connectivity index (χ4n) is 8.12. The molecule has 0 radical (unpaired) electrons. The van der Waals surface area contributed by atoms with E-state index in [-0.39, 0.29) is 47.0 Å². The van der Waals surface area contributed by atoms with Crippen LogP contribution < -0.4 is 0 Å². The third-order valence-electron chi connectivity index (χ3n) is 9.78. The predicted octanol–water partition coefficient (Wildman–Crippen LogP) is 3.37. The number of hydrogen-bond donors (Lipinski definition) is 4. The van der Waals surface area contributed by atoms with Crippen molar-refractivity contribution in [3.8, 4) is 0 Å². The predicted molar refractivity (Wildman–Crippen MR) is 110 cm³/mol. The summed E-state index contributed by atoms with van der Waals surface area (Å²) in [6.07, 6.45) is 6.64. The van der Waals surface area contributed by atoms with Gasteiger partial charge in [0, 0.05) is 6.42 Å². The average molecular weight is 407 g/mol. The number of fused-ring (bicyclic) bond motifs is 5. The lowest BCUT2D eigenvalue weighted by Crippen LogP contribution is -2.59. The van der Waals surface area contributed by atoms with Gasteiger partial charge in [-0.3, -0.25) is 4.79 Å². The molecule has 3 fully saturated rings. The molecule has 164 valence electrons. The highest BCUT2D eigenvalue weighted by Crippen LogP contribution is 2.67. The third kappa shape index (κ3) is 3.19. The fourth-order valence-corrected chi connectivity index (χ4v) is 8.12. The summed E-state index contributed by atoms with van der Waals surface area (Å²) < 4.78 is 0. The first kappa shape index (κ1) is 21.3. The van der Waals surface area contributed by atoms with Crippen molar-refractivity contribution in [2.45, 2.75) is 90.4 Å². The Hall–Kier alpha value is -0.910. The van der Waals surface area contributed by atoms with Crippen molar-refractivity contribution in [1.82, 2.24) is 0 Å². The van der Waals surface area contributed by atoms with Gasteiger partial charge in [0.1, 0.15) is 0 Å². The highest BCUT2D eigenvalue weighted by Gasteiger charge is 2.64. The first-order valence-corrected chi connectivity index (χ1v) is 11.6. The van der Waals surface area contributed by atoms with E-state index in [2.05, 4.69) is 20.8 Å². The topological polar surface area (TPSA) is 98.0 Å². The Morgan fingerprint density at radius 1 is 1.17 bits per heavy atom. The van der Waals surface area contributed by atoms with Crippen molar-refractivity contribution in [1.29, 1.82) is 0 Å². The monoisotopic (exact) mass is 406 g/mol. The second kappa shape index (κ2) is 7.35. The van der Waals surface area contributed by atoms with Crippen molar-refractivity contribution < 1.29 is 25.2 Å². The van der Waals surface area contributed by atoms with Crippen LogP contribution in [0, 0.1) is 40.4 Å². The Kier molecular flexibility index (Phi) is 5.40. The van der Waals surface area contributed by atoms with Crippen LogP contribution in [0.5, 0.6) is 0 Å². The summed E-state index contributed by atoms with van der Waals surface area (Å²) in [5.41, 5.74) is 0.874. The van der Waals surface area contributed by atoms with Crippen molar-refractivity contribution in [3.05, 3.63) is 11.6 Å². The summed E-state index contributed by atoms with van der Waals surface area (Å²) in [7, 11) is 0. The molecule has 0 aromatic rings. The summed E-state index contributed by atoms with van der Waals surface area (Å²) in [6, 6.07) is 0. The van der Waals surface area contributed by atoms with Crippen LogP contribution in [-0.4, -0.2) is 44.7 Å². The van der Waals surface area contributed by atoms with Gasteiger partial charge >= 0.3 is 5.97 Å². The second-order valence-corrected chi connectivity index (χ2v) is 11.0. The minimum atomic E-state index is -0.756. The van der Waals surface area contributed by atoms with E-state index < -0.39 is 18.2 Å². The van der Waals surface area contributed by atoms with Crippen LogP contribution in [0.15, 0.2) is 11.6 Å². The molecule has 5 heteroatoms. The summed E-state index contributed by atoms with van der Waals surface area (Å²) in [6.45, 7) is 6.62. The largest absolute Gasteiger partial charge is 0.481 e. The number of hydrogen-bond acceptors (Lipinski definition) is 4. The number of aliphatic carboxylic acids is 1. The highest BCUT2D eigenvalue weighted by molar-refractivity contribution is 5.66. The highest BCUT2D eigenvalue weighted by atomic mass is 16.4. The van der Waals surface area contributed by atoms with E-state index >= 15 is 0 Å². The molecule has 0 amide bonds. The molecular weight excluding hydrogens is 368 g/mol. The lowest BCUT2D eigenvalue weighted by molar-refractivity contribution is -0.158. The van der Waals surface area contributed by atoms with Gasteiger partial charge in [-0.05, 0) is 85.4 Å². The van der Waals surface area contributed by atoms with Crippen LogP contribution in [0.1, 0.15) is 72.1 Å². The molecule has 3 saturated carbocycles. The van der Waals surface area contributed by atoms with Crippen LogP contribution in [0.2, 0.25) is 0 Å².